The van der Waals surface area contributed by atoms with Crippen molar-refractivity contribution < 1.29 is 14.3 Å². The van der Waals surface area contributed by atoms with Crippen molar-refractivity contribution in [3.63, 3.8) is 0 Å². The third-order valence-corrected chi connectivity index (χ3v) is 6.68. The number of pyridine rings is 1. The van der Waals surface area contributed by atoms with Gasteiger partial charge in [0.2, 0.25) is 0 Å². The van der Waals surface area contributed by atoms with Crippen LogP contribution in [0.1, 0.15) is 49.2 Å². The van der Waals surface area contributed by atoms with E-state index in [2.05, 4.69) is 71.1 Å². The number of allylic oxidation sites excluding steroid dienone is 3. The quantitative estimate of drug-likeness (QED) is 0.489. The monoisotopic (exact) mass is 475 g/mol. The smallest absolute Gasteiger partial charge is 0.342 e. The maximum absolute atomic E-state index is 12.5. The van der Waals surface area contributed by atoms with Crippen LogP contribution in [0, 0.1) is 11.8 Å². The maximum atomic E-state index is 12.5. The number of carbonyl (C=O) groups is 1. The molecular formula is C29H37N3O3. The van der Waals surface area contributed by atoms with Crippen LogP contribution in [-0.2, 0) is 22.6 Å². The zero-order valence-corrected chi connectivity index (χ0v) is 21.3. The summed E-state index contributed by atoms with van der Waals surface area (Å²) < 4.78 is 11.4. The first kappa shape index (κ1) is 25.0. The summed E-state index contributed by atoms with van der Waals surface area (Å²) in [5, 5.41) is 0. The van der Waals surface area contributed by atoms with Gasteiger partial charge in [0.15, 0.2) is 0 Å². The molecule has 0 radical (unpaired) electrons. The van der Waals surface area contributed by atoms with Gasteiger partial charge in [-0.3, -0.25) is 4.90 Å². The zero-order chi connectivity index (χ0) is 24.8. The van der Waals surface area contributed by atoms with Crippen molar-refractivity contribution in [1.29, 1.82) is 0 Å². The van der Waals surface area contributed by atoms with Gasteiger partial charge in [0.05, 0.1) is 6.10 Å². The third-order valence-electron chi connectivity index (χ3n) is 6.68. The predicted octanol–water partition coefficient (Wildman–Crippen LogP) is 5.21. The highest BCUT2D eigenvalue weighted by atomic mass is 16.5. The Kier molecular flexibility index (Phi) is 8.24. The minimum Gasteiger partial charge on any atom is -0.489 e. The van der Waals surface area contributed by atoms with Crippen molar-refractivity contribution in [2.24, 2.45) is 11.8 Å². The number of hydrogen-bond acceptors (Lipinski definition) is 6. The van der Waals surface area contributed by atoms with Crippen LogP contribution >= 0.6 is 0 Å². The van der Waals surface area contributed by atoms with E-state index < -0.39 is 0 Å². The normalized spacial score (nSPS) is 20.6. The molecule has 6 nitrogen and oxygen atoms in total. The van der Waals surface area contributed by atoms with Crippen LogP contribution in [0.25, 0.3) is 0 Å². The van der Waals surface area contributed by atoms with Gasteiger partial charge >= 0.3 is 5.97 Å². The Labute approximate surface area is 209 Å². The Morgan fingerprint density at radius 2 is 1.74 bits per heavy atom. The molecule has 1 saturated heterocycles. The Morgan fingerprint density at radius 3 is 2.43 bits per heavy atom. The summed E-state index contributed by atoms with van der Waals surface area (Å²) in [5.74, 6) is 2.45. The van der Waals surface area contributed by atoms with E-state index in [4.69, 9.17) is 9.47 Å². The molecule has 0 amide bonds. The summed E-state index contributed by atoms with van der Waals surface area (Å²) in [6, 6.07) is 12.3. The molecule has 1 aliphatic carbocycles. The van der Waals surface area contributed by atoms with E-state index in [1.54, 1.807) is 18.3 Å². The second-order valence-electron chi connectivity index (χ2n) is 9.84. The van der Waals surface area contributed by atoms with Crippen molar-refractivity contribution in [3.8, 4) is 0 Å². The van der Waals surface area contributed by atoms with E-state index in [0.717, 1.165) is 38.5 Å². The van der Waals surface area contributed by atoms with Crippen LogP contribution in [0.4, 0.5) is 5.82 Å². The number of aromatic nitrogens is 1. The molecule has 2 aromatic rings. The van der Waals surface area contributed by atoms with Crippen LogP contribution in [-0.4, -0.2) is 48.1 Å². The van der Waals surface area contributed by atoms with Gasteiger partial charge in [0.1, 0.15) is 23.7 Å². The molecule has 0 saturated carbocycles. The zero-order valence-electron chi connectivity index (χ0n) is 21.3. The molecule has 186 valence electrons. The van der Waals surface area contributed by atoms with Crippen LogP contribution in [0.3, 0.4) is 0 Å². The minimum atomic E-state index is -0.311. The fourth-order valence-corrected chi connectivity index (χ4v) is 4.35. The average molecular weight is 476 g/mol. The van der Waals surface area contributed by atoms with Gasteiger partial charge in [-0.15, -0.1) is 0 Å². The van der Waals surface area contributed by atoms with Crippen molar-refractivity contribution in [1.82, 2.24) is 9.88 Å². The summed E-state index contributed by atoms with van der Waals surface area (Å²) in [4.78, 5) is 21.6. The summed E-state index contributed by atoms with van der Waals surface area (Å²) in [5.41, 5.74) is 3.01. The topological polar surface area (TPSA) is 54.9 Å². The van der Waals surface area contributed by atoms with Crippen molar-refractivity contribution in [3.05, 3.63) is 83.3 Å². The highest BCUT2D eigenvalue weighted by molar-refractivity contribution is 5.94. The highest BCUT2D eigenvalue weighted by Crippen LogP contribution is 2.24. The summed E-state index contributed by atoms with van der Waals surface area (Å²) >= 11 is 0. The van der Waals surface area contributed by atoms with E-state index in [0.29, 0.717) is 29.8 Å². The number of anilines is 1. The lowest BCUT2D eigenvalue weighted by Crippen LogP contribution is -2.46. The highest BCUT2D eigenvalue weighted by Gasteiger charge is 2.23. The molecule has 1 aliphatic heterocycles. The SMILES string of the molecule is CC(C)OC(=O)c1cccnc1N1CCN(Cc2ccc(COC3=CC(C)C(C)C=C3)cc2)CC1. The van der Waals surface area contributed by atoms with Gasteiger partial charge in [-0.25, -0.2) is 9.78 Å². The standard InChI is InChI=1S/C29H37N3O3/c1-21(2)35-29(33)27-6-5-13-30-28(27)32-16-14-31(15-17-32)19-24-8-10-25(11-9-24)20-34-26-12-7-22(3)23(4)18-26/h5-13,18,21-23H,14-17,19-20H2,1-4H3. The molecule has 2 unspecified atom stereocenters. The van der Waals surface area contributed by atoms with E-state index in [1.807, 2.05) is 13.8 Å². The van der Waals surface area contributed by atoms with Crippen LogP contribution in [0.5, 0.6) is 0 Å². The number of rotatable bonds is 8. The third kappa shape index (κ3) is 6.73. The van der Waals surface area contributed by atoms with Crippen LogP contribution < -0.4 is 4.90 Å². The van der Waals surface area contributed by atoms with Gasteiger partial charge in [0, 0.05) is 38.9 Å². The molecule has 1 aromatic carbocycles. The maximum Gasteiger partial charge on any atom is 0.342 e. The number of ether oxygens (including phenoxy) is 2. The van der Waals surface area contributed by atoms with E-state index >= 15 is 0 Å². The van der Waals surface area contributed by atoms with Gasteiger partial charge in [-0.2, -0.15) is 0 Å². The number of carbonyl (C=O) groups excluding carboxylic acids is 1. The fraction of sp³-hybridized carbons (Fsp3) is 0.448. The molecule has 6 heteroatoms. The summed E-state index contributed by atoms with van der Waals surface area (Å²) in [6.07, 6.45) is 8.09. The Morgan fingerprint density at radius 1 is 1.03 bits per heavy atom. The fourth-order valence-electron chi connectivity index (χ4n) is 4.35. The average Bonchev–Trinajstić information content (AvgIpc) is 2.86. The molecule has 2 atom stereocenters. The van der Waals surface area contributed by atoms with Crippen molar-refractivity contribution >= 4 is 11.8 Å². The summed E-state index contributed by atoms with van der Waals surface area (Å²) in [7, 11) is 0. The molecule has 0 spiro atoms. The van der Waals surface area contributed by atoms with E-state index in [1.165, 1.54) is 11.1 Å². The minimum absolute atomic E-state index is 0.154. The Bertz CT molecular complexity index is 1050. The molecule has 4 rings (SSSR count). The lowest BCUT2D eigenvalue weighted by atomic mass is 9.91. The molecule has 35 heavy (non-hydrogen) atoms. The molecule has 1 fully saturated rings. The number of esters is 1. The first-order valence-electron chi connectivity index (χ1n) is 12.6. The lowest BCUT2D eigenvalue weighted by Gasteiger charge is -2.36. The first-order chi connectivity index (χ1) is 16.9. The molecule has 2 heterocycles. The first-order valence-corrected chi connectivity index (χ1v) is 12.6. The predicted molar refractivity (Wildman–Crippen MR) is 139 cm³/mol. The Balaban J connectivity index is 1.27. The number of piperazine rings is 1. The molecule has 1 aromatic heterocycles. The van der Waals surface area contributed by atoms with Gasteiger partial charge in [-0.1, -0.05) is 44.2 Å². The summed E-state index contributed by atoms with van der Waals surface area (Å²) in [6.45, 7) is 13.1. The van der Waals surface area contributed by atoms with Gasteiger partial charge in [0.25, 0.3) is 0 Å². The molecule has 2 aliphatic rings. The number of benzene rings is 1. The van der Waals surface area contributed by atoms with Gasteiger partial charge < -0.3 is 14.4 Å². The lowest BCUT2D eigenvalue weighted by molar-refractivity contribution is 0.0378. The molecule has 0 N–H and O–H groups in total. The van der Waals surface area contributed by atoms with Crippen molar-refractivity contribution in [2.75, 3.05) is 31.1 Å². The van der Waals surface area contributed by atoms with Crippen LogP contribution in [0.2, 0.25) is 0 Å². The largest absolute Gasteiger partial charge is 0.489 e. The van der Waals surface area contributed by atoms with Gasteiger partial charge in [-0.05, 0) is 61.1 Å². The second-order valence-corrected chi connectivity index (χ2v) is 9.84. The van der Waals surface area contributed by atoms with E-state index in [9.17, 15) is 4.79 Å². The number of nitrogens with zero attached hydrogens (tertiary/aromatic N) is 3. The number of hydrogen-bond donors (Lipinski definition) is 0. The van der Waals surface area contributed by atoms with E-state index in [-0.39, 0.29) is 12.1 Å². The second kappa shape index (κ2) is 11.5. The molecule has 0 bridgehead atoms. The Hall–Kier alpha value is -3.12. The van der Waals surface area contributed by atoms with Crippen LogP contribution in [0.15, 0.2) is 66.6 Å². The molecular weight excluding hydrogens is 438 g/mol. The van der Waals surface area contributed by atoms with Crippen molar-refractivity contribution in [2.45, 2.75) is 47.0 Å².